The first-order chi connectivity index (χ1) is 12.8. The summed E-state index contributed by atoms with van der Waals surface area (Å²) in [6, 6.07) is 10.2. The molecule has 1 aliphatic heterocycles. The van der Waals surface area contributed by atoms with Gasteiger partial charge in [-0.15, -0.1) is 0 Å². The molecule has 1 saturated heterocycles. The Hall–Kier alpha value is -2.04. The average molecular weight is 357 g/mol. The minimum absolute atomic E-state index is 0.00814. The van der Waals surface area contributed by atoms with E-state index in [0.29, 0.717) is 6.54 Å². The van der Waals surface area contributed by atoms with E-state index < -0.39 is 0 Å². The zero-order chi connectivity index (χ0) is 18.2. The van der Waals surface area contributed by atoms with E-state index >= 15 is 0 Å². The molecule has 0 aromatic heterocycles. The second-order valence-corrected chi connectivity index (χ2v) is 7.47. The van der Waals surface area contributed by atoms with Crippen LogP contribution >= 0.6 is 0 Å². The Morgan fingerprint density at radius 3 is 2.73 bits per heavy atom. The highest BCUT2D eigenvalue weighted by Crippen LogP contribution is 2.29. The molecule has 5 heteroatoms. The molecule has 3 rings (SSSR count). The van der Waals surface area contributed by atoms with Crippen LogP contribution in [0, 0.1) is 5.92 Å². The van der Waals surface area contributed by atoms with Crippen LogP contribution < -0.4 is 10.6 Å². The van der Waals surface area contributed by atoms with Crippen LogP contribution in [0.5, 0.6) is 0 Å². The molecule has 142 valence electrons. The number of hydrogen-bond acceptors (Lipinski definition) is 2. The molecule has 0 bridgehead atoms. The van der Waals surface area contributed by atoms with Gasteiger partial charge in [0, 0.05) is 25.7 Å². The Morgan fingerprint density at radius 2 is 1.88 bits per heavy atom. The van der Waals surface area contributed by atoms with E-state index in [4.69, 9.17) is 0 Å². The zero-order valence-electron chi connectivity index (χ0n) is 15.6. The number of carbonyl (C=O) groups is 2. The summed E-state index contributed by atoms with van der Waals surface area (Å²) in [5, 5.41) is 6.17. The van der Waals surface area contributed by atoms with Gasteiger partial charge >= 0.3 is 6.03 Å². The molecule has 1 saturated carbocycles. The molecule has 1 aliphatic carbocycles. The normalized spacial score (nSPS) is 24.3. The summed E-state index contributed by atoms with van der Waals surface area (Å²) in [7, 11) is 0. The van der Waals surface area contributed by atoms with E-state index in [0.717, 1.165) is 64.5 Å². The number of fused-ring (bicyclic) bond motifs is 1. The van der Waals surface area contributed by atoms with Crippen molar-refractivity contribution in [1.29, 1.82) is 0 Å². The van der Waals surface area contributed by atoms with Gasteiger partial charge in [-0.05, 0) is 44.1 Å². The smallest absolute Gasteiger partial charge is 0.317 e. The van der Waals surface area contributed by atoms with Crippen LogP contribution in [-0.2, 0) is 11.2 Å². The van der Waals surface area contributed by atoms with Crippen molar-refractivity contribution in [2.24, 2.45) is 5.92 Å². The van der Waals surface area contributed by atoms with Gasteiger partial charge in [0.15, 0.2) is 0 Å². The number of nitrogens with one attached hydrogen (secondary N) is 2. The summed E-state index contributed by atoms with van der Waals surface area (Å²) in [5.41, 5.74) is 1.23. The predicted molar refractivity (Wildman–Crippen MR) is 103 cm³/mol. The van der Waals surface area contributed by atoms with Crippen LogP contribution in [0.1, 0.15) is 50.5 Å². The molecule has 1 aromatic carbocycles. The number of nitrogens with zero attached hydrogens (tertiary/aromatic N) is 1. The monoisotopic (exact) mass is 357 g/mol. The van der Waals surface area contributed by atoms with Crippen LogP contribution in [0.25, 0.3) is 0 Å². The fraction of sp³-hybridized carbons (Fsp3) is 0.619. The lowest BCUT2D eigenvalue weighted by Crippen LogP contribution is -2.54. The minimum atomic E-state index is -0.0540. The van der Waals surface area contributed by atoms with Crippen LogP contribution in [0.15, 0.2) is 30.3 Å². The molecule has 0 spiro atoms. The minimum Gasteiger partial charge on any atom is -0.356 e. The standard InChI is InChI=1S/C21H31N3O2/c25-20-18-11-5-6-12-19(18)24(16-8-2-7-14-22-20)21(26)23-15-13-17-9-3-1-4-10-17/h1,3-4,9-10,18-19H,2,5-8,11-16H2,(H,22,25)(H,23,26)/t18-,19+/m1/s1. The molecule has 2 aliphatic rings. The first-order valence-electron chi connectivity index (χ1n) is 10.1. The molecular weight excluding hydrogens is 326 g/mol. The maximum atomic E-state index is 12.9. The summed E-state index contributed by atoms with van der Waals surface area (Å²) in [4.78, 5) is 27.4. The molecule has 2 fully saturated rings. The van der Waals surface area contributed by atoms with Gasteiger partial charge in [-0.2, -0.15) is 0 Å². The van der Waals surface area contributed by atoms with Crippen LogP contribution in [0.4, 0.5) is 4.79 Å². The maximum Gasteiger partial charge on any atom is 0.317 e. The Bertz CT molecular complexity index is 590. The van der Waals surface area contributed by atoms with Gasteiger partial charge in [0.05, 0.1) is 5.92 Å². The van der Waals surface area contributed by atoms with Gasteiger partial charge in [0.2, 0.25) is 5.91 Å². The Morgan fingerprint density at radius 1 is 1.08 bits per heavy atom. The number of hydrogen-bond donors (Lipinski definition) is 2. The number of benzene rings is 1. The highest BCUT2D eigenvalue weighted by atomic mass is 16.2. The van der Waals surface area contributed by atoms with Crippen LogP contribution in [0.3, 0.4) is 0 Å². The SMILES string of the molecule is O=C1NCCCCCN(C(=O)NCCc2ccccc2)[C@H]2CCCC[C@@H]12. The zero-order valence-corrected chi connectivity index (χ0v) is 15.6. The van der Waals surface area contributed by atoms with Crippen molar-refractivity contribution in [3.8, 4) is 0 Å². The quantitative estimate of drug-likeness (QED) is 0.873. The molecule has 2 atom stereocenters. The molecule has 3 amide bonds. The van der Waals surface area contributed by atoms with Gasteiger partial charge < -0.3 is 15.5 Å². The molecule has 5 nitrogen and oxygen atoms in total. The Balaban J connectivity index is 1.62. The molecule has 0 radical (unpaired) electrons. The highest BCUT2D eigenvalue weighted by molar-refractivity contribution is 5.81. The Kier molecular flexibility index (Phi) is 6.92. The van der Waals surface area contributed by atoms with E-state index in [1.807, 2.05) is 23.1 Å². The molecule has 0 unspecified atom stereocenters. The fourth-order valence-electron chi connectivity index (χ4n) is 4.19. The lowest BCUT2D eigenvalue weighted by Gasteiger charge is -2.40. The third kappa shape index (κ3) is 4.99. The van der Waals surface area contributed by atoms with E-state index in [1.54, 1.807) is 0 Å². The third-order valence-corrected chi connectivity index (χ3v) is 5.64. The van der Waals surface area contributed by atoms with Crippen molar-refractivity contribution >= 4 is 11.9 Å². The molecular formula is C21H31N3O2. The van der Waals surface area contributed by atoms with E-state index in [9.17, 15) is 9.59 Å². The van der Waals surface area contributed by atoms with E-state index in [2.05, 4.69) is 22.8 Å². The summed E-state index contributed by atoms with van der Waals surface area (Å²) < 4.78 is 0. The van der Waals surface area contributed by atoms with Gasteiger partial charge in [-0.25, -0.2) is 4.79 Å². The van der Waals surface area contributed by atoms with Crippen molar-refractivity contribution in [2.45, 2.75) is 57.4 Å². The largest absolute Gasteiger partial charge is 0.356 e. The van der Waals surface area contributed by atoms with Crippen molar-refractivity contribution in [2.75, 3.05) is 19.6 Å². The highest BCUT2D eigenvalue weighted by Gasteiger charge is 2.37. The van der Waals surface area contributed by atoms with Gasteiger partial charge in [0.25, 0.3) is 0 Å². The summed E-state index contributed by atoms with van der Waals surface area (Å²) in [5.74, 6) is 0.0837. The van der Waals surface area contributed by atoms with Crippen LogP contribution in [0.2, 0.25) is 0 Å². The molecule has 2 N–H and O–H groups in total. The second kappa shape index (κ2) is 9.60. The number of carbonyl (C=O) groups excluding carboxylic acids is 2. The maximum absolute atomic E-state index is 12.9. The topological polar surface area (TPSA) is 61.4 Å². The predicted octanol–water partition coefficient (Wildman–Crippen LogP) is 3.10. The Labute approximate surface area is 156 Å². The summed E-state index contributed by atoms with van der Waals surface area (Å²) in [6.07, 6.45) is 7.88. The molecule has 26 heavy (non-hydrogen) atoms. The van der Waals surface area contributed by atoms with Crippen molar-refractivity contribution in [3.05, 3.63) is 35.9 Å². The first-order valence-corrected chi connectivity index (χ1v) is 10.1. The first kappa shape index (κ1) is 18.7. The van der Waals surface area contributed by atoms with Gasteiger partial charge in [-0.1, -0.05) is 43.2 Å². The summed E-state index contributed by atoms with van der Waals surface area (Å²) in [6.45, 7) is 2.15. The second-order valence-electron chi connectivity index (χ2n) is 7.47. The van der Waals surface area contributed by atoms with Crippen molar-refractivity contribution < 1.29 is 9.59 Å². The van der Waals surface area contributed by atoms with E-state index in [-0.39, 0.29) is 23.9 Å². The van der Waals surface area contributed by atoms with Crippen molar-refractivity contribution in [3.63, 3.8) is 0 Å². The fourth-order valence-corrected chi connectivity index (χ4v) is 4.19. The van der Waals surface area contributed by atoms with Gasteiger partial charge in [-0.3, -0.25) is 4.79 Å². The number of urea groups is 1. The summed E-state index contributed by atoms with van der Waals surface area (Å²) >= 11 is 0. The molecule has 1 aromatic rings. The lowest BCUT2D eigenvalue weighted by atomic mass is 9.82. The molecule has 1 heterocycles. The number of rotatable bonds is 3. The van der Waals surface area contributed by atoms with E-state index in [1.165, 1.54) is 5.56 Å². The third-order valence-electron chi connectivity index (χ3n) is 5.64. The number of amides is 3. The van der Waals surface area contributed by atoms with Crippen LogP contribution in [-0.4, -0.2) is 42.5 Å². The average Bonchev–Trinajstić information content (AvgIpc) is 2.68. The lowest BCUT2D eigenvalue weighted by molar-refractivity contribution is -0.128. The van der Waals surface area contributed by atoms with Gasteiger partial charge in [0.1, 0.15) is 0 Å². The van der Waals surface area contributed by atoms with Crippen molar-refractivity contribution in [1.82, 2.24) is 15.5 Å².